The summed E-state index contributed by atoms with van der Waals surface area (Å²) in [6, 6.07) is 5.18. The summed E-state index contributed by atoms with van der Waals surface area (Å²) >= 11 is 0. The summed E-state index contributed by atoms with van der Waals surface area (Å²) in [4.78, 5) is 13.2. The molecule has 1 fully saturated rings. The van der Waals surface area contributed by atoms with E-state index in [1.165, 1.54) is 7.11 Å². The van der Waals surface area contributed by atoms with Crippen molar-refractivity contribution in [2.24, 2.45) is 5.92 Å². The monoisotopic (exact) mass is 221 g/mol. The van der Waals surface area contributed by atoms with Crippen LogP contribution in [0.15, 0.2) is 18.2 Å². The van der Waals surface area contributed by atoms with Gasteiger partial charge in [-0.1, -0.05) is 6.92 Å². The van der Waals surface area contributed by atoms with E-state index in [9.17, 15) is 4.79 Å². The van der Waals surface area contributed by atoms with Gasteiger partial charge in [0.2, 0.25) is 0 Å². The summed E-state index contributed by atoms with van der Waals surface area (Å²) < 4.78 is 5.03. The Labute approximate surface area is 94.4 Å². The fraction of sp³-hybridized carbons (Fsp3) is 0.417. The molecule has 1 aliphatic rings. The first-order valence-electron chi connectivity index (χ1n) is 5.28. The molecule has 1 aliphatic heterocycles. The average molecular weight is 221 g/mol. The molecule has 0 bridgehead atoms. The zero-order valence-corrected chi connectivity index (χ0v) is 9.43. The van der Waals surface area contributed by atoms with E-state index in [1.54, 1.807) is 12.1 Å². The zero-order valence-electron chi connectivity index (χ0n) is 9.43. The van der Waals surface area contributed by atoms with Crippen LogP contribution in [-0.2, 0) is 0 Å². The minimum Gasteiger partial charge on any atom is -0.497 e. The average Bonchev–Trinajstić information content (AvgIpc) is 2.24. The highest BCUT2D eigenvalue weighted by molar-refractivity contribution is 5.95. The molecule has 0 atom stereocenters. The Morgan fingerprint density at radius 3 is 2.69 bits per heavy atom. The molecule has 1 N–H and O–H groups in total. The van der Waals surface area contributed by atoms with Crippen molar-refractivity contribution in [3.63, 3.8) is 0 Å². The molecule has 1 aromatic rings. The molecule has 2 rings (SSSR count). The highest BCUT2D eigenvalue weighted by atomic mass is 16.5. The number of hydrogen-bond acceptors (Lipinski definition) is 3. The Bertz CT molecular complexity index is 411. The fourth-order valence-corrected chi connectivity index (χ4v) is 1.98. The van der Waals surface area contributed by atoms with Gasteiger partial charge >= 0.3 is 5.97 Å². The first kappa shape index (κ1) is 10.8. The van der Waals surface area contributed by atoms with Crippen molar-refractivity contribution in [3.8, 4) is 5.75 Å². The molecule has 4 nitrogen and oxygen atoms in total. The van der Waals surface area contributed by atoms with Gasteiger partial charge in [0.05, 0.1) is 18.4 Å². The van der Waals surface area contributed by atoms with Crippen LogP contribution in [0, 0.1) is 5.92 Å². The van der Waals surface area contributed by atoms with Gasteiger partial charge in [-0.05, 0) is 24.1 Å². The quantitative estimate of drug-likeness (QED) is 0.846. The Hall–Kier alpha value is -1.71. The minimum absolute atomic E-state index is 0.311. The first-order valence-corrected chi connectivity index (χ1v) is 5.28. The molecule has 0 radical (unpaired) electrons. The number of nitrogens with zero attached hydrogens (tertiary/aromatic N) is 1. The summed E-state index contributed by atoms with van der Waals surface area (Å²) in [5.41, 5.74) is 1.10. The molecular formula is C12H15NO3. The van der Waals surface area contributed by atoms with Crippen LogP contribution in [0.25, 0.3) is 0 Å². The molecule has 0 aliphatic carbocycles. The lowest BCUT2D eigenvalue weighted by molar-refractivity contribution is 0.0697. The van der Waals surface area contributed by atoms with E-state index in [0.717, 1.165) is 18.8 Å². The van der Waals surface area contributed by atoms with Crippen LogP contribution in [0.1, 0.15) is 17.3 Å². The van der Waals surface area contributed by atoms with Crippen LogP contribution in [0.5, 0.6) is 5.75 Å². The van der Waals surface area contributed by atoms with E-state index >= 15 is 0 Å². The predicted molar refractivity (Wildman–Crippen MR) is 61.3 cm³/mol. The maximum absolute atomic E-state index is 11.1. The summed E-state index contributed by atoms with van der Waals surface area (Å²) in [5.74, 6) is 0.312. The summed E-state index contributed by atoms with van der Waals surface area (Å²) in [6.07, 6.45) is 0. The van der Waals surface area contributed by atoms with Crippen LogP contribution in [0.4, 0.5) is 5.69 Å². The van der Waals surface area contributed by atoms with Crippen LogP contribution in [-0.4, -0.2) is 31.3 Å². The molecule has 1 aromatic carbocycles. The number of rotatable bonds is 3. The van der Waals surface area contributed by atoms with Gasteiger partial charge in [-0.2, -0.15) is 0 Å². The molecule has 0 saturated carbocycles. The number of carboxylic acids is 1. The number of carboxylic acid groups (broad SMARTS) is 1. The van der Waals surface area contributed by atoms with Crippen molar-refractivity contribution in [1.82, 2.24) is 0 Å². The second kappa shape index (κ2) is 4.04. The Kier molecular flexibility index (Phi) is 2.73. The van der Waals surface area contributed by atoms with Gasteiger partial charge in [0.25, 0.3) is 0 Å². The molecular weight excluding hydrogens is 206 g/mol. The lowest BCUT2D eigenvalue weighted by Crippen LogP contribution is -2.45. The van der Waals surface area contributed by atoms with Crippen LogP contribution in [0.2, 0.25) is 0 Å². The third-order valence-corrected chi connectivity index (χ3v) is 2.84. The second-order valence-electron chi connectivity index (χ2n) is 4.20. The maximum atomic E-state index is 11.1. The van der Waals surface area contributed by atoms with E-state index < -0.39 is 5.97 Å². The third-order valence-electron chi connectivity index (χ3n) is 2.84. The van der Waals surface area contributed by atoms with E-state index in [0.29, 0.717) is 17.2 Å². The Morgan fingerprint density at radius 1 is 1.50 bits per heavy atom. The van der Waals surface area contributed by atoms with Crippen molar-refractivity contribution in [2.75, 3.05) is 25.1 Å². The predicted octanol–water partition coefficient (Wildman–Crippen LogP) is 1.85. The molecule has 0 unspecified atom stereocenters. The van der Waals surface area contributed by atoms with Crippen LogP contribution in [0.3, 0.4) is 0 Å². The molecule has 16 heavy (non-hydrogen) atoms. The highest BCUT2D eigenvalue weighted by Gasteiger charge is 2.26. The van der Waals surface area contributed by atoms with Crippen molar-refractivity contribution in [3.05, 3.63) is 23.8 Å². The van der Waals surface area contributed by atoms with Gasteiger partial charge < -0.3 is 14.7 Å². The molecule has 0 aromatic heterocycles. The number of benzene rings is 1. The molecule has 1 saturated heterocycles. The lowest BCUT2D eigenvalue weighted by atomic mass is 10.00. The lowest BCUT2D eigenvalue weighted by Gasteiger charge is -2.39. The smallest absolute Gasteiger partial charge is 0.337 e. The number of hydrogen-bond donors (Lipinski definition) is 1. The van der Waals surface area contributed by atoms with Crippen molar-refractivity contribution < 1.29 is 14.6 Å². The topological polar surface area (TPSA) is 49.8 Å². The van der Waals surface area contributed by atoms with E-state index in [4.69, 9.17) is 9.84 Å². The number of anilines is 1. The largest absolute Gasteiger partial charge is 0.497 e. The summed E-state index contributed by atoms with van der Waals surface area (Å²) in [6.45, 7) is 4.00. The van der Waals surface area contributed by atoms with Crippen molar-refractivity contribution >= 4 is 11.7 Å². The molecule has 0 amide bonds. The molecule has 0 spiro atoms. The van der Waals surface area contributed by atoms with Crippen molar-refractivity contribution in [2.45, 2.75) is 6.92 Å². The normalized spacial score (nSPS) is 15.8. The van der Waals surface area contributed by atoms with Gasteiger partial charge in [-0.15, -0.1) is 0 Å². The van der Waals surface area contributed by atoms with E-state index in [-0.39, 0.29) is 0 Å². The number of aromatic carboxylic acids is 1. The highest BCUT2D eigenvalue weighted by Crippen LogP contribution is 2.30. The number of carbonyl (C=O) groups is 1. The number of methoxy groups -OCH3 is 1. The third kappa shape index (κ3) is 1.83. The first-order chi connectivity index (χ1) is 7.61. The van der Waals surface area contributed by atoms with Gasteiger partial charge in [-0.25, -0.2) is 4.79 Å². The summed E-state index contributed by atoms with van der Waals surface area (Å²) in [5, 5.41) is 9.14. The Balaban J connectivity index is 2.33. The van der Waals surface area contributed by atoms with Gasteiger partial charge in [0, 0.05) is 13.1 Å². The molecule has 4 heteroatoms. The van der Waals surface area contributed by atoms with Crippen LogP contribution < -0.4 is 9.64 Å². The van der Waals surface area contributed by atoms with Gasteiger partial charge in [0.15, 0.2) is 0 Å². The summed E-state index contributed by atoms with van der Waals surface area (Å²) in [7, 11) is 1.53. The van der Waals surface area contributed by atoms with Crippen molar-refractivity contribution in [1.29, 1.82) is 0 Å². The Morgan fingerprint density at radius 2 is 2.19 bits per heavy atom. The van der Waals surface area contributed by atoms with Crippen LogP contribution >= 0.6 is 0 Å². The maximum Gasteiger partial charge on any atom is 0.337 e. The fourth-order valence-electron chi connectivity index (χ4n) is 1.98. The zero-order chi connectivity index (χ0) is 11.7. The van der Waals surface area contributed by atoms with Gasteiger partial charge in [0.1, 0.15) is 5.75 Å². The SMILES string of the molecule is COc1ccc(N2CC(C)C2)c(C(=O)O)c1. The number of ether oxygens (including phenoxy) is 1. The molecule has 1 heterocycles. The molecule has 86 valence electrons. The second-order valence-corrected chi connectivity index (χ2v) is 4.20. The standard InChI is InChI=1S/C12H15NO3/c1-8-6-13(7-8)11-4-3-9(16-2)5-10(11)12(14)15/h3-5,8H,6-7H2,1-2H3,(H,14,15). The van der Waals surface area contributed by atoms with Gasteiger partial charge in [-0.3, -0.25) is 0 Å². The van der Waals surface area contributed by atoms with E-state index in [1.807, 2.05) is 6.07 Å². The minimum atomic E-state index is -0.909. The van der Waals surface area contributed by atoms with E-state index in [2.05, 4.69) is 11.8 Å².